The molecule has 3 rings (SSSR count). The van der Waals surface area contributed by atoms with Crippen LogP contribution in [-0.2, 0) is 4.79 Å². The van der Waals surface area contributed by atoms with Gasteiger partial charge in [-0.1, -0.05) is 0 Å². The smallest absolute Gasteiger partial charge is 0.260 e. The fourth-order valence-corrected chi connectivity index (χ4v) is 2.24. The minimum Gasteiger partial charge on any atom is -0.482 e. The zero-order valence-corrected chi connectivity index (χ0v) is 12.0. The van der Waals surface area contributed by atoms with Crippen molar-refractivity contribution in [1.29, 1.82) is 0 Å². The molecule has 1 atom stereocenters. The molecule has 1 aliphatic rings. The molecule has 1 fully saturated rings. The quantitative estimate of drug-likeness (QED) is 0.817. The standard InChI is InChI=1S/C15H16N4O3/c20-15(11-21-12-2-1-4-16-8-12)19-7-3-13(10-19)22-14-9-17-5-6-18-14/h1-2,4-6,8-9,13H,3,7,10-11H2. The Morgan fingerprint density at radius 2 is 2.18 bits per heavy atom. The van der Waals surface area contributed by atoms with E-state index in [1.807, 2.05) is 0 Å². The van der Waals surface area contributed by atoms with Crippen molar-refractivity contribution in [2.75, 3.05) is 19.7 Å². The summed E-state index contributed by atoms with van der Waals surface area (Å²) in [6.07, 6.45) is 8.69. The summed E-state index contributed by atoms with van der Waals surface area (Å²) in [4.78, 5) is 25.8. The number of likely N-dealkylation sites (tertiary alicyclic amines) is 1. The molecule has 1 saturated heterocycles. The Labute approximate surface area is 127 Å². The molecule has 3 heterocycles. The Balaban J connectivity index is 1.46. The van der Waals surface area contributed by atoms with Gasteiger partial charge in [-0.15, -0.1) is 0 Å². The third-order valence-corrected chi connectivity index (χ3v) is 3.32. The highest BCUT2D eigenvalue weighted by molar-refractivity contribution is 5.78. The third kappa shape index (κ3) is 3.69. The lowest BCUT2D eigenvalue weighted by Crippen LogP contribution is -2.34. The van der Waals surface area contributed by atoms with Crippen LogP contribution in [0.5, 0.6) is 11.6 Å². The first-order chi connectivity index (χ1) is 10.8. The van der Waals surface area contributed by atoms with Gasteiger partial charge in [-0.25, -0.2) is 4.98 Å². The van der Waals surface area contributed by atoms with Crippen LogP contribution in [0.2, 0.25) is 0 Å². The predicted molar refractivity (Wildman–Crippen MR) is 77.4 cm³/mol. The van der Waals surface area contributed by atoms with Crippen LogP contribution >= 0.6 is 0 Å². The molecule has 0 spiro atoms. The first kappa shape index (κ1) is 14.2. The van der Waals surface area contributed by atoms with Crippen LogP contribution in [0.1, 0.15) is 6.42 Å². The first-order valence-electron chi connectivity index (χ1n) is 7.04. The molecule has 0 saturated carbocycles. The molecule has 22 heavy (non-hydrogen) atoms. The molecule has 0 N–H and O–H groups in total. The van der Waals surface area contributed by atoms with Gasteiger partial charge in [0.1, 0.15) is 11.9 Å². The maximum atomic E-state index is 12.1. The van der Waals surface area contributed by atoms with Gasteiger partial charge in [0.05, 0.1) is 18.9 Å². The number of ether oxygens (including phenoxy) is 2. The number of carbonyl (C=O) groups excluding carboxylic acids is 1. The lowest BCUT2D eigenvalue weighted by atomic mass is 10.3. The van der Waals surface area contributed by atoms with Crippen molar-refractivity contribution < 1.29 is 14.3 Å². The van der Waals surface area contributed by atoms with Gasteiger partial charge >= 0.3 is 0 Å². The lowest BCUT2D eigenvalue weighted by molar-refractivity contribution is -0.132. The fraction of sp³-hybridized carbons (Fsp3) is 0.333. The van der Waals surface area contributed by atoms with Gasteiger partial charge in [-0.05, 0) is 12.1 Å². The Bertz CT molecular complexity index is 609. The van der Waals surface area contributed by atoms with Crippen molar-refractivity contribution in [3.05, 3.63) is 43.1 Å². The molecule has 1 aliphatic heterocycles. The predicted octanol–water partition coefficient (Wildman–Crippen LogP) is 0.930. The minimum absolute atomic E-state index is 0.00353. The second kappa shape index (κ2) is 6.84. The van der Waals surface area contributed by atoms with E-state index in [0.29, 0.717) is 24.7 Å². The molecule has 7 heteroatoms. The van der Waals surface area contributed by atoms with E-state index in [4.69, 9.17) is 9.47 Å². The van der Waals surface area contributed by atoms with Gasteiger partial charge in [-0.3, -0.25) is 14.8 Å². The van der Waals surface area contributed by atoms with Gasteiger partial charge in [0.15, 0.2) is 6.61 Å². The van der Waals surface area contributed by atoms with Gasteiger partial charge in [0, 0.05) is 31.6 Å². The number of hydrogen-bond donors (Lipinski definition) is 0. The number of pyridine rings is 1. The van der Waals surface area contributed by atoms with Crippen LogP contribution in [-0.4, -0.2) is 51.6 Å². The summed E-state index contributed by atoms with van der Waals surface area (Å²) in [5.41, 5.74) is 0. The number of hydrogen-bond acceptors (Lipinski definition) is 6. The Hall–Kier alpha value is -2.70. The van der Waals surface area contributed by atoms with Crippen molar-refractivity contribution in [2.45, 2.75) is 12.5 Å². The van der Waals surface area contributed by atoms with Crippen LogP contribution in [0.15, 0.2) is 43.1 Å². The maximum absolute atomic E-state index is 12.1. The number of amides is 1. The fourth-order valence-electron chi connectivity index (χ4n) is 2.24. The summed E-state index contributed by atoms with van der Waals surface area (Å²) in [6, 6.07) is 3.53. The topological polar surface area (TPSA) is 77.4 Å². The van der Waals surface area contributed by atoms with E-state index in [-0.39, 0.29) is 18.6 Å². The molecule has 0 aromatic carbocycles. The SMILES string of the molecule is O=C(COc1cccnc1)N1CCC(Oc2cnccn2)C1. The molecule has 1 amide bonds. The number of nitrogens with zero attached hydrogens (tertiary/aromatic N) is 4. The van der Waals surface area contributed by atoms with Crippen molar-refractivity contribution >= 4 is 5.91 Å². The molecule has 114 valence electrons. The normalized spacial score (nSPS) is 17.3. The third-order valence-electron chi connectivity index (χ3n) is 3.32. The van der Waals surface area contributed by atoms with Gasteiger partial charge in [0.25, 0.3) is 5.91 Å². The van der Waals surface area contributed by atoms with Crippen LogP contribution in [0.4, 0.5) is 0 Å². The highest BCUT2D eigenvalue weighted by Crippen LogP contribution is 2.16. The average Bonchev–Trinajstić information content (AvgIpc) is 3.03. The van der Waals surface area contributed by atoms with Crippen LogP contribution in [0, 0.1) is 0 Å². The van der Waals surface area contributed by atoms with Crippen LogP contribution in [0.3, 0.4) is 0 Å². The van der Waals surface area contributed by atoms with E-state index in [1.54, 1.807) is 48.0 Å². The average molecular weight is 300 g/mol. The second-order valence-corrected chi connectivity index (χ2v) is 4.89. The van der Waals surface area contributed by atoms with E-state index in [1.165, 1.54) is 0 Å². The van der Waals surface area contributed by atoms with Crippen molar-refractivity contribution in [3.63, 3.8) is 0 Å². The van der Waals surface area contributed by atoms with Gasteiger partial charge in [0.2, 0.25) is 5.88 Å². The van der Waals surface area contributed by atoms with Crippen molar-refractivity contribution in [2.24, 2.45) is 0 Å². The Morgan fingerprint density at radius 3 is 2.95 bits per heavy atom. The molecule has 0 aliphatic carbocycles. The minimum atomic E-state index is -0.0610. The van der Waals surface area contributed by atoms with E-state index in [9.17, 15) is 4.79 Å². The monoisotopic (exact) mass is 300 g/mol. The highest BCUT2D eigenvalue weighted by atomic mass is 16.5. The molecule has 2 aromatic heterocycles. The molecular weight excluding hydrogens is 284 g/mol. The van der Waals surface area contributed by atoms with E-state index >= 15 is 0 Å². The van der Waals surface area contributed by atoms with Crippen molar-refractivity contribution in [3.8, 4) is 11.6 Å². The van der Waals surface area contributed by atoms with E-state index in [2.05, 4.69) is 15.0 Å². The van der Waals surface area contributed by atoms with Crippen molar-refractivity contribution in [1.82, 2.24) is 19.9 Å². The molecule has 2 aromatic rings. The van der Waals surface area contributed by atoms with E-state index in [0.717, 1.165) is 6.42 Å². The summed E-state index contributed by atoms with van der Waals surface area (Å²) in [5, 5.41) is 0. The zero-order valence-electron chi connectivity index (χ0n) is 12.0. The van der Waals surface area contributed by atoms with Crippen LogP contribution < -0.4 is 9.47 Å². The number of rotatable bonds is 5. The molecule has 0 bridgehead atoms. The van der Waals surface area contributed by atoms with Gasteiger partial charge in [-0.2, -0.15) is 0 Å². The largest absolute Gasteiger partial charge is 0.482 e. The first-order valence-corrected chi connectivity index (χ1v) is 7.04. The zero-order chi connectivity index (χ0) is 15.2. The number of carbonyl (C=O) groups is 1. The Morgan fingerprint density at radius 1 is 1.27 bits per heavy atom. The van der Waals surface area contributed by atoms with Gasteiger partial charge < -0.3 is 14.4 Å². The summed E-state index contributed by atoms with van der Waals surface area (Å²) < 4.78 is 11.1. The highest BCUT2D eigenvalue weighted by Gasteiger charge is 2.28. The van der Waals surface area contributed by atoms with E-state index < -0.39 is 0 Å². The summed E-state index contributed by atoms with van der Waals surface area (Å²) in [5.74, 6) is 1.00. The summed E-state index contributed by atoms with van der Waals surface area (Å²) in [6.45, 7) is 1.19. The molecule has 7 nitrogen and oxygen atoms in total. The lowest BCUT2D eigenvalue weighted by Gasteiger charge is -2.17. The number of aromatic nitrogens is 3. The Kier molecular flexibility index (Phi) is 4.43. The summed E-state index contributed by atoms with van der Waals surface area (Å²) >= 11 is 0. The summed E-state index contributed by atoms with van der Waals surface area (Å²) in [7, 11) is 0. The second-order valence-electron chi connectivity index (χ2n) is 4.89. The molecular formula is C15H16N4O3. The van der Waals surface area contributed by atoms with Crippen LogP contribution in [0.25, 0.3) is 0 Å². The molecule has 1 unspecified atom stereocenters. The maximum Gasteiger partial charge on any atom is 0.260 e. The molecule has 0 radical (unpaired) electrons.